The molecule has 1 atom stereocenters. The maximum Gasteiger partial charge on any atom is 0.229 e. The zero-order valence-corrected chi connectivity index (χ0v) is 9.78. The lowest BCUT2D eigenvalue weighted by Crippen LogP contribution is -2.16. The number of aromatic nitrogens is 4. The number of hydrogen-bond donors (Lipinski definition) is 1. The molecule has 90 valence electrons. The van der Waals surface area contributed by atoms with Crippen LogP contribution in [0.2, 0.25) is 5.28 Å². The van der Waals surface area contributed by atoms with Crippen molar-refractivity contribution in [3.8, 4) is 5.88 Å². The lowest BCUT2D eigenvalue weighted by Gasteiger charge is -2.10. The maximum absolute atomic E-state index is 5.79. The standard InChI is InChI=1S/C10H11ClN4O2/c11-10-13-8-7(4-12-15-8)9(14-10)17-5-6-2-1-3-16-6/h4,6H,1-3,5H2,(H,12,13,14,15). The molecule has 0 amide bonds. The van der Waals surface area contributed by atoms with E-state index < -0.39 is 0 Å². The Bertz CT molecular complexity index is 524. The summed E-state index contributed by atoms with van der Waals surface area (Å²) < 4.78 is 11.1. The van der Waals surface area contributed by atoms with Crippen molar-refractivity contribution < 1.29 is 9.47 Å². The second kappa shape index (κ2) is 4.46. The molecule has 2 aromatic rings. The number of H-pyrrole nitrogens is 1. The molecule has 1 N–H and O–H groups in total. The van der Waals surface area contributed by atoms with Crippen molar-refractivity contribution in [2.75, 3.05) is 13.2 Å². The van der Waals surface area contributed by atoms with E-state index in [1.165, 1.54) is 0 Å². The number of ether oxygens (including phenoxy) is 2. The number of nitrogens with one attached hydrogen (secondary N) is 1. The van der Waals surface area contributed by atoms with E-state index in [-0.39, 0.29) is 11.4 Å². The van der Waals surface area contributed by atoms with Gasteiger partial charge in [0.05, 0.1) is 12.3 Å². The molecule has 1 aliphatic heterocycles. The van der Waals surface area contributed by atoms with Crippen molar-refractivity contribution in [3.05, 3.63) is 11.5 Å². The zero-order chi connectivity index (χ0) is 11.7. The van der Waals surface area contributed by atoms with E-state index in [2.05, 4.69) is 20.2 Å². The minimum absolute atomic E-state index is 0.143. The summed E-state index contributed by atoms with van der Waals surface area (Å²) in [5.74, 6) is 0.448. The third kappa shape index (κ3) is 2.18. The lowest BCUT2D eigenvalue weighted by molar-refractivity contribution is 0.0669. The zero-order valence-electron chi connectivity index (χ0n) is 9.02. The maximum atomic E-state index is 5.79. The minimum Gasteiger partial charge on any atom is -0.474 e. The molecule has 1 saturated heterocycles. The SMILES string of the molecule is Clc1nc(OCC2CCCO2)c2cn[nH]c2n1. The van der Waals surface area contributed by atoms with E-state index in [1.807, 2.05) is 0 Å². The van der Waals surface area contributed by atoms with Crippen LogP contribution in [0.15, 0.2) is 6.20 Å². The molecule has 0 aromatic carbocycles. The highest BCUT2D eigenvalue weighted by atomic mass is 35.5. The third-order valence-electron chi connectivity index (χ3n) is 2.68. The summed E-state index contributed by atoms with van der Waals surface area (Å²) in [6, 6.07) is 0. The highest BCUT2D eigenvalue weighted by Crippen LogP contribution is 2.23. The number of fused-ring (bicyclic) bond motifs is 1. The van der Waals surface area contributed by atoms with Gasteiger partial charge < -0.3 is 9.47 Å². The molecule has 0 bridgehead atoms. The van der Waals surface area contributed by atoms with Gasteiger partial charge in [-0.3, -0.25) is 5.10 Å². The van der Waals surface area contributed by atoms with Crippen LogP contribution in [0.3, 0.4) is 0 Å². The normalized spacial score (nSPS) is 19.9. The monoisotopic (exact) mass is 254 g/mol. The number of halogens is 1. The summed E-state index contributed by atoms with van der Waals surface area (Å²) in [4.78, 5) is 8.05. The first-order valence-corrected chi connectivity index (χ1v) is 5.82. The van der Waals surface area contributed by atoms with Crippen molar-refractivity contribution in [2.24, 2.45) is 0 Å². The lowest BCUT2D eigenvalue weighted by atomic mass is 10.2. The van der Waals surface area contributed by atoms with Crippen LogP contribution in [0.5, 0.6) is 5.88 Å². The molecule has 1 aliphatic rings. The van der Waals surface area contributed by atoms with Gasteiger partial charge in [0.2, 0.25) is 11.2 Å². The van der Waals surface area contributed by atoms with E-state index in [4.69, 9.17) is 21.1 Å². The second-order valence-corrected chi connectivity index (χ2v) is 4.21. The average molecular weight is 255 g/mol. The van der Waals surface area contributed by atoms with Gasteiger partial charge in [0, 0.05) is 6.61 Å². The molecule has 2 aromatic heterocycles. The van der Waals surface area contributed by atoms with Crippen LogP contribution in [0.4, 0.5) is 0 Å². The first-order valence-electron chi connectivity index (χ1n) is 5.44. The fourth-order valence-electron chi connectivity index (χ4n) is 1.84. The van der Waals surface area contributed by atoms with Crippen LogP contribution in [-0.4, -0.2) is 39.5 Å². The predicted molar refractivity (Wildman–Crippen MR) is 61.2 cm³/mol. The number of aromatic amines is 1. The largest absolute Gasteiger partial charge is 0.474 e. The predicted octanol–water partition coefficient (Wildman–Crippen LogP) is 1.56. The number of rotatable bonds is 3. The van der Waals surface area contributed by atoms with Crippen molar-refractivity contribution >= 4 is 22.6 Å². The molecular weight excluding hydrogens is 244 g/mol. The van der Waals surface area contributed by atoms with E-state index in [1.54, 1.807) is 6.20 Å². The molecule has 1 fully saturated rings. The Morgan fingerprint density at radius 3 is 3.29 bits per heavy atom. The molecule has 1 unspecified atom stereocenters. The van der Waals surface area contributed by atoms with Crippen LogP contribution in [-0.2, 0) is 4.74 Å². The molecule has 0 saturated carbocycles. The topological polar surface area (TPSA) is 72.9 Å². The van der Waals surface area contributed by atoms with Gasteiger partial charge in [-0.25, -0.2) is 0 Å². The van der Waals surface area contributed by atoms with Crippen LogP contribution in [0.25, 0.3) is 11.0 Å². The van der Waals surface area contributed by atoms with Crippen LogP contribution in [0, 0.1) is 0 Å². The smallest absolute Gasteiger partial charge is 0.229 e. The molecule has 3 rings (SSSR count). The third-order valence-corrected chi connectivity index (χ3v) is 2.85. The van der Waals surface area contributed by atoms with Gasteiger partial charge in [-0.1, -0.05) is 0 Å². The quantitative estimate of drug-likeness (QED) is 0.842. The Labute approximate surface area is 102 Å². The van der Waals surface area contributed by atoms with Gasteiger partial charge in [0.1, 0.15) is 12.0 Å². The fraction of sp³-hybridized carbons (Fsp3) is 0.500. The molecule has 3 heterocycles. The summed E-state index contributed by atoms with van der Waals surface area (Å²) in [6.45, 7) is 1.29. The van der Waals surface area contributed by atoms with E-state index in [0.717, 1.165) is 24.8 Å². The molecule has 0 aliphatic carbocycles. The van der Waals surface area contributed by atoms with Crippen LogP contribution >= 0.6 is 11.6 Å². The van der Waals surface area contributed by atoms with Crippen molar-refractivity contribution in [3.63, 3.8) is 0 Å². The van der Waals surface area contributed by atoms with Gasteiger partial charge in [0.25, 0.3) is 0 Å². The average Bonchev–Trinajstić information content (AvgIpc) is 2.95. The van der Waals surface area contributed by atoms with Gasteiger partial charge in [-0.15, -0.1) is 0 Å². The second-order valence-electron chi connectivity index (χ2n) is 3.88. The summed E-state index contributed by atoms with van der Waals surface area (Å²) in [5.41, 5.74) is 0.576. The van der Waals surface area contributed by atoms with E-state index in [9.17, 15) is 0 Å². The van der Waals surface area contributed by atoms with E-state index >= 15 is 0 Å². The Kier molecular flexibility index (Phi) is 2.82. The first-order chi connectivity index (χ1) is 8.33. The molecule has 6 nitrogen and oxygen atoms in total. The van der Waals surface area contributed by atoms with Gasteiger partial charge >= 0.3 is 0 Å². The number of nitrogens with zero attached hydrogens (tertiary/aromatic N) is 3. The molecule has 7 heteroatoms. The Balaban J connectivity index is 1.81. The van der Waals surface area contributed by atoms with Gasteiger partial charge in [-0.05, 0) is 24.4 Å². The summed E-state index contributed by atoms with van der Waals surface area (Å²) in [6.07, 6.45) is 3.87. The fourth-order valence-corrected chi connectivity index (χ4v) is 2.00. The Hall–Kier alpha value is -1.40. The molecule has 0 spiro atoms. The minimum atomic E-state index is 0.143. The van der Waals surface area contributed by atoms with Crippen molar-refractivity contribution in [1.29, 1.82) is 0 Å². The Morgan fingerprint density at radius 1 is 1.53 bits per heavy atom. The summed E-state index contributed by atoms with van der Waals surface area (Å²) in [5, 5.41) is 7.49. The van der Waals surface area contributed by atoms with Crippen molar-refractivity contribution in [2.45, 2.75) is 18.9 Å². The van der Waals surface area contributed by atoms with Crippen LogP contribution < -0.4 is 4.74 Å². The highest BCUT2D eigenvalue weighted by Gasteiger charge is 2.17. The Morgan fingerprint density at radius 2 is 2.47 bits per heavy atom. The summed E-state index contributed by atoms with van der Waals surface area (Å²) in [7, 11) is 0. The van der Waals surface area contributed by atoms with Gasteiger partial charge in [0.15, 0.2) is 5.65 Å². The number of hydrogen-bond acceptors (Lipinski definition) is 5. The molecule has 0 radical (unpaired) electrons. The van der Waals surface area contributed by atoms with Crippen LogP contribution in [0.1, 0.15) is 12.8 Å². The first kappa shape index (κ1) is 10.7. The summed E-state index contributed by atoms with van der Waals surface area (Å²) >= 11 is 5.79. The van der Waals surface area contributed by atoms with E-state index in [0.29, 0.717) is 18.1 Å². The van der Waals surface area contributed by atoms with Gasteiger partial charge in [-0.2, -0.15) is 15.1 Å². The molecular formula is C10H11ClN4O2. The molecule has 17 heavy (non-hydrogen) atoms. The highest BCUT2D eigenvalue weighted by molar-refractivity contribution is 6.28. The van der Waals surface area contributed by atoms with Crippen molar-refractivity contribution in [1.82, 2.24) is 20.2 Å².